The fraction of sp³-hybridized carbons (Fsp3) is 0.250. The summed E-state index contributed by atoms with van der Waals surface area (Å²) in [6.45, 7) is 1.74. The van der Waals surface area contributed by atoms with E-state index in [4.69, 9.17) is 0 Å². The number of aromatic hydroxyl groups is 1. The van der Waals surface area contributed by atoms with Gasteiger partial charge in [-0.05, 0) is 58.5 Å². The molecule has 0 spiro atoms. The van der Waals surface area contributed by atoms with Crippen molar-refractivity contribution in [2.45, 2.75) is 31.3 Å². The Labute approximate surface area is 208 Å². The number of phenols is 1. The summed E-state index contributed by atoms with van der Waals surface area (Å²) >= 11 is 0. The first-order valence-electron chi connectivity index (χ1n) is 11.9. The van der Waals surface area contributed by atoms with Crippen molar-refractivity contribution in [2.24, 2.45) is 0 Å². The quantitative estimate of drug-likeness (QED) is 0.425. The number of carbonyl (C=O) groups is 3. The second kappa shape index (κ2) is 9.47. The van der Waals surface area contributed by atoms with E-state index in [0.717, 1.165) is 27.8 Å². The van der Waals surface area contributed by atoms with E-state index in [2.05, 4.69) is 10.6 Å². The van der Waals surface area contributed by atoms with Crippen molar-refractivity contribution in [3.05, 3.63) is 83.4 Å². The van der Waals surface area contributed by atoms with Crippen LogP contribution in [0.5, 0.6) is 5.75 Å². The van der Waals surface area contributed by atoms with Crippen LogP contribution in [0, 0.1) is 0 Å². The predicted octanol–water partition coefficient (Wildman–Crippen LogP) is 3.48. The molecule has 1 saturated heterocycles. The van der Waals surface area contributed by atoms with Crippen LogP contribution in [-0.2, 0) is 14.4 Å². The van der Waals surface area contributed by atoms with Gasteiger partial charge >= 0.3 is 5.97 Å². The fourth-order valence-corrected chi connectivity index (χ4v) is 5.45. The molecule has 1 aliphatic carbocycles. The zero-order chi connectivity index (χ0) is 25.4. The number of hydrogen-bond donors (Lipinski definition) is 4. The maximum Gasteiger partial charge on any atom is 0.317 e. The van der Waals surface area contributed by atoms with Gasteiger partial charge in [-0.25, -0.2) is 0 Å². The van der Waals surface area contributed by atoms with E-state index in [1.54, 1.807) is 29.2 Å². The minimum atomic E-state index is -0.948. The number of hydrogen-bond acceptors (Lipinski definition) is 5. The van der Waals surface area contributed by atoms with Gasteiger partial charge in [0.1, 0.15) is 11.8 Å². The monoisotopic (exact) mass is 485 g/mol. The number of aliphatic carboxylic acids is 1. The molecule has 2 aliphatic rings. The van der Waals surface area contributed by atoms with Gasteiger partial charge in [0.2, 0.25) is 11.8 Å². The molecule has 3 atom stereocenters. The summed E-state index contributed by atoms with van der Waals surface area (Å²) in [4.78, 5) is 38.7. The zero-order valence-electron chi connectivity index (χ0n) is 19.8. The summed E-state index contributed by atoms with van der Waals surface area (Å²) in [7, 11) is 0. The summed E-state index contributed by atoms with van der Waals surface area (Å²) in [6, 6.07) is 19.2. The molecular formula is C28H27N3O5. The van der Waals surface area contributed by atoms with Crippen LogP contribution < -0.4 is 10.6 Å². The van der Waals surface area contributed by atoms with Crippen LogP contribution in [0.25, 0.3) is 11.1 Å². The number of likely N-dealkylation sites (tertiary alicyclic amines) is 1. The number of benzene rings is 3. The smallest absolute Gasteiger partial charge is 0.317 e. The average molecular weight is 486 g/mol. The van der Waals surface area contributed by atoms with Crippen LogP contribution in [0.2, 0.25) is 0 Å². The number of amides is 2. The molecule has 0 radical (unpaired) electrons. The van der Waals surface area contributed by atoms with Gasteiger partial charge in [0.15, 0.2) is 0 Å². The maximum atomic E-state index is 13.5. The molecule has 0 saturated carbocycles. The van der Waals surface area contributed by atoms with Crippen molar-refractivity contribution in [2.75, 3.05) is 18.4 Å². The van der Waals surface area contributed by atoms with E-state index >= 15 is 0 Å². The number of carbonyl (C=O) groups excluding carboxylic acids is 2. The molecule has 8 heteroatoms. The first-order valence-corrected chi connectivity index (χ1v) is 11.9. The van der Waals surface area contributed by atoms with Gasteiger partial charge in [0.25, 0.3) is 0 Å². The third-order valence-corrected chi connectivity index (χ3v) is 7.04. The highest BCUT2D eigenvalue weighted by atomic mass is 16.4. The van der Waals surface area contributed by atoms with Gasteiger partial charge in [0.05, 0.1) is 12.6 Å². The molecule has 3 aromatic rings. The molecule has 0 aromatic heterocycles. The number of nitrogens with zero attached hydrogens (tertiary/aromatic N) is 1. The molecule has 3 aromatic carbocycles. The maximum absolute atomic E-state index is 13.5. The van der Waals surface area contributed by atoms with E-state index in [1.807, 2.05) is 42.5 Å². The van der Waals surface area contributed by atoms with Crippen LogP contribution in [0.15, 0.2) is 66.7 Å². The number of fused-ring (bicyclic) bond motifs is 3. The van der Waals surface area contributed by atoms with Gasteiger partial charge in [-0.1, -0.05) is 42.5 Å². The first kappa shape index (κ1) is 23.6. The van der Waals surface area contributed by atoms with Gasteiger partial charge in [-0.3, -0.25) is 19.7 Å². The molecule has 0 bridgehead atoms. The Morgan fingerprint density at radius 2 is 1.69 bits per heavy atom. The summed E-state index contributed by atoms with van der Waals surface area (Å²) in [6.07, 6.45) is 0.642. The molecule has 4 N–H and O–H groups in total. The van der Waals surface area contributed by atoms with E-state index < -0.39 is 12.0 Å². The summed E-state index contributed by atoms with van der Waals surface area (Å²) in [5, 5.41) is 25.0. The van der Waals surface area contributed by atoms with Crippen LogP contribution in [0.4, 0.5) is 5.69 Å². The highest BCUT2D eigenvalue weighted by Crippen LogP contribution is 2.44. The Hall–Kier alpha value is -4.17. The number of carboxylic acids is 1. The minimum Gasteiger partial charge on any atom is -0.508 e. The van der Waals surface area contributed by atoms with Crippen LogP contribution >= 0.6 is 0 Å². The fourth-order valence-electron chi connectivity index (χ4n) is 5.45. The molecule has 1 aliphatic heterocycles. The second-order valence-electron chi connectivity index (χ2n) is 9.23. The molecule has 5 rings (SSSR count). The average Bonchev–Trinajstić information content (AvgIpc) is 3.43. The van der Waals surface area contributed by atoms with E-state index in [0.29, 0.717) is 18.7 Å². The van der Waals surface area contributed by atoms with E-state index in [9.17, 15) is 24.6 Å². The van der Waals surface area contributed by atoms with Crippen molar-refractivity contribution in [1.29, 1.82) is 0 Å². The van der Waals surface area contributed by atoms with Gasteiger partial charge < -0.3 is 20.4 Å². The molecule has 2 unspecified atom stereocenters. The topological polar surface area (TPSA) is 119 Å². The largest absolute Gasteiger partial charge is 0.508 e. The van der Waals surface area contributed by atoms with Gasteiger partial charge in [-0.2, -0.15) is 0 Å². The van der Waals surface area contributed by atoms with Crippen molar-refractivity contribution < 1.29 is 24.6 Å². The number of phenolic OH excluding ortho intramolecular Hbond substituents is 1. The lowest BCUT2D eigenvalue weighted by atomic mass is 9.91. The van der Waals surface area contributed by atoms with Gasteiger partial charge in [0, 0.05) is 25.1 Å². The lowest BCUT2D eigenvalue weighted by molar-refractivity contribution is -0.136. The molecular weight excluding hydrogens is 458 g/mol. The van der Waals surface area contributed by atoms with Crippen molar-refractivity contribution in [1.82, 2.24) is 10.2 Å². The molecule has 8 nitrogen and oxygen atoms in total. The number of anilines is 1. The van der Waals surface area contributed by atoms with Crippen LogP contribution in [0.1, 0.15) is 42.0 Å². The Kier molecular flexibility index (Phi) is 6.20. The molecule has 36 heavy (non-hydrogen) atoms. The van der Waals surface area contributed by atoms with Crippen LogP contribution in [-0.4, -0.2) is 52.0 Å². The van der Waals surface area contributed by atoms with Crippen molar-refractivity contribution in [3.8, 4) is 16.9 Å². The summed E-state index contributed by atoms with van der Waals surface area (Å²) in [5.74, 6) is -1.45. The predicted molar refractivity (Wildman–Crippen MR) is 135 cm³/mol. The normalized spacial score (nSPS) is 20.0. The third-order valence-electron chi connectivity index (χ3n) is 7.04. The standard InChI is InChI=1S/C28H27N3O5/c1-16(32)31-13-12-20(17-6-9-19(33)10-7-17)27(31)28(36)30-18-8-11-22-21-4-2-3-5-23(21)26(24(22)14-18)29-15-25(34)35/h2-11,14,20,26-27,29,33H,12-13,15H2,1H3,(H,30,36)(H,34,35)/t20?,26?,27-/m0/s1. The Balaban J connectivity index is 1.43. The molecule has 1 heterocycles. The number of carboxylic acid groups (broad SMARTS) is 1. The molecule has 184 valence electrons. The Morgan fingerprint density at radius 1 is 0.972 bits per heavy atom. The lowest BCUT2D eigenvalue weighted by Gasteiger charge is -2.27. The van der Waals surface area contributed by atoms with Crippen molar-refractivity contribution in [3.63, 3.8) is 0 Å². The second-order valence-corrected chi connectivity index (χ2v) is 9.23. The summed E-state index contributed by atoms with van der Waals surface area (Å²) in [5.41, 5.74) is 5.36. The summed E-state index contributed by atoms with van der Waals surface area (Å²) < 4.78 is 0. The SMILES string of the molecule is CC(=O)N1CCC(c2ccc(O)cc2)[C@H]1C(=O)Nc1ccc2c(c1)C(NCC(=O)O)c1ccccc1-2. The minimum absolute atomic E-state index is 0.145. The molecule has 1 fully saturated rings. The highest BCUT2D eigenvalue weighted by molar-refractivity contribution is 5.98. The first-order chi connectivity index (χ1) is 17.3. The zero-order valence-corrected chi connectivity index (χ0v) is 19.8. The Morgan fingerprint density at radius 3 is 2.42 bits per heavy atom. The lowest BCUT2D eigenvalue weighted by Crippen LogP contribution is -2.44. The van der Waals surface area contributed by atoms with Crippen molar-refractivity contribution >= 4 is 23.5 Å². The molecule has 2 amide bonds. The van der Waals surface area contributed by atoms with Gasteiger partial charge in [-0.15, -0.1) is 0 Å². The number of nitrogens with one attached hydrogen (secondary N) is 2. The number of rotatable bonds is 6. The highest BCUT2D eigenvalue weighted by Gasteiger charge is 2.41. The third kappa shape index (κ3) is 4.31. The van der Waals surface area contributed by atoms with E-state index in [-0.39, 0.29) is 36.1 Å². The van der Waals surface area contributed by atoms with Crippen LogP contribution in [0.3, 0.4) is 0 Å². The van der Waals surface area contributed by atoms with E-state index in [1.165, 1.54) is 6.92 Å². The Bertz CT molecular complexity index is 1340.